The fourth-order valence-electron chi connectivity index (χ4n) is 2.02. The van der Waals surface area contributed by atoms with Crippen molar-refractivity contribution in [1.82, 2.24) is 0 Å². The van der Waals surface area contributed by atoms with E-state index in [0.717, 1.165) is 17.4 Å². The summed E-state index contributed by atoms with van der Waals surface area (Å²) in [5, 5.41) is 0. The Hall–Kier alpha value is -2.40. The Bertz CT molecular complexity index is 823. The fraction of sp³-hybridized carbons (Fsp3) is 0.118. The van der Waals surface area contributed by atoms with Crippen LogP contribution in [-0.4, -0.2) is 20.5 Å². The molecule has 114 valence electrons. The lowest BCUT2D eigenvalue weighted by atomic mass is 10.1. The van der Waals surface area contributed by atoms with Gasteiger partial charge in [-0.2, -0.15) is 0 Å². The molecular formula is C17H17NO3S. The first-order valence-electron chi connectivity index (χ1n) is 6.72. The van der Waals surface area contributed by atoms with Crippen molar-refractivity contribution in [3.8, 4) is 0 Å². The van der Waals surface area contributed by atoms with Crippen LogP contribution in [0.1, 0.15) is 21.5 Å². The number of aryl methyl sites for hydroxylation is 1. The van der Waals surface area contributed by atoms with Crippen molar-refractivity contribution in [1.29, 1.82) is 0 Å². The average molecular weight is 315 g/mol. The Morgan fingerprint density at radius 2 is 1.68 bits per heavy atom. The van der Waals surface area contributed by atoms with Gasteiger partial charge in [-0.25, -0.2) is 8.42 Å². The fourth-order valence-corrected chi connectivity index (χ4v) is 2.59. The lowest BCUT2D eigenvalue weighted by Gasteiger charge is -2.08. The number of hydrogen-bond acceptors (Lipinski definition) is 3. The van der Waals surface area contributed by atoms with Gasteiger partial charge in [-0.15, -0.1) is 0 Å². The molecule has 5 heteroatoms. The van der Waals surface area contributed by atoms with Crippen LogP contribution in [0.4, 0.5) is 5.69 Å². The number of nitrogens with one attached hydrogen (secondary N) is 1. The number of carbonyl (C=O) groups excluding carboxylic acids is 1. The van der Waals surface area contributed by atoms with Gasteiger partial charge in [0.15, 0.2) is 5.78 Å². The molecule has 0 bridgehead atoms. The second kappa shape index (κ2) is 6.58. The van der Waals surface area contributed by atoms with Gasteiger partial charge in [-0.05, 0) is 36.3 Å². The maximum atomic E-state index is 12.3. The van der Waals surface area contributed by atoms with E-state index in [1.165, 1.54) is 6.08 Å². The molecule has 0 heterocycles. The summed E-state index contributed by atoms with van der Waals surface area (Å²) in [6.07, 6.45) is 4.23. The minimum Gasteiger partial charge on any atom is -0.289 e. The number of para-hydroxylation sites is 1. The smallest absolute Gasteiger partial charge is 0.229 e. The molecule has 4 nitrogen and oxygen atoms in total. The summed E-state index contributed by atoms with van der Waals surface area (Å²) in [6, 6.07) is 14.2. The topological polar surface area (TPSA) is 63.2 Å². The summed E-state index contributed by atoms with van der Waals surface area (Å²) in [4.78, 5) is 12.3. The van der Waals surface area contributed by atoms with Crippen LogP contribution in [0.3, 0.4) is 0 Å². The second-order valence-corrected chi connectivity index (χ2v) is 6.72. The molecule has 2 aromatic rings. The summed E-state index contributed by atoms with van der Waals surface area (Å²) in [5.41, 5.74) is 2.61. The van der Waals surface area contributed by atoms with E-state index in [4.69, 9.17) is 0 Å². The Morgan fingerprint density at radius 1 is 1.05 bits per heavy atom. The zero-order valence-electron chi connectivity index (χ0n) is 12.4. The standard InChI is InChI=1S/C17H17NO3S/c1-13-7-3-4-8-14(13)11-12-17(19)15-9-5-6-10-16(15)18-22(2,20)21/h3-12,18H,1-2H3/b12-11-. The van der Waals surface area contributed by atoms with E-state index in [2.05, 4.69) is 4.72 Å². The van der Waals surface area contributed by atoms with Gasteiger partial charge in [0.1, 0.15) is 0 Å². The Morgan fingerprint density at radius 3 is 2.36 bits per heavy atom. The molecule has 0 aliphatic rings. The highest BCUT2D eigenvalue weighted by molar-refractivity contribution is 7.92. The molecule has 2 aromatic carbocycles. The van der Waals surface area contributed by atoms with Crippen molar-refractivity contribution >= 4 is 27.6 Å². The number of rotatable bonds is 5. The maximum absolute atomic E-state index is 12.3. The molecule has 0 aromatic heterocycles. The molecule has 0 unspecified atom stereocenters. The van der Waals surface area contributed by atoms with Crippen LogP contribution in [0.5, 0.6) is 0 Å². The van der Waals surface area contributed by atoms with Gasteiger partial charge in [0.05, 0.1) is 11.9 Å². The SMILES string of the molecule is Cc1ccccc1/C=C\C(=O)c1ccccc1NS(C)(=O)=O. The predicted molar refractivity (Wildman–Crippen MR) is 89.5 cm³/mol. The van der Waals surface area contributed by atoms with Gasteiger partial charge in [0, 0.05) is 5.56 Å². The average Bonchev–Trinajstić information content (AvgIpc) is 2.45. The van der Waals surface area contributed by atoms with Crippen molar-refractivity contribution in [3.63, 3.8) is 0 Å². The molecule has 0 fully saturated rings. The third-order valence-corrected chi connectivity index (χ3v) is 3.68. The molecule has 22 heavy (non-hydrogen) atoms. The van der Waals surface area contributed by atoms with Gasteiger partial charge in [0.2, 0.25) is 10.0 Å². The van der Waals surface area contributed by atoms with Gasteiger partial charge < -0.3 is 0 Å². The van der Waals surface area contributed by atoms with E-state index in [0.29, 0.717) is 5.56 Å². The first-order valence-corrected chi connectivity index (χ1v) is 8.61. The van der Waals surface area contributed by atoms with Crippen LogP contribution in [0, 0.1) is 6.92 Å². The summed E-state index contributed by atoms with van der Waals surface area (Å²) >= 11 is 0. The normalized spacial score (nSPS) is 11.5. The van der Waals surface area contributed by atoms with Crippen LogP contribution in [-0.2, 0) is 10.0 Å². The highest BCUT2D eigenvalue weighted by Gasteiger charge is 2.11. The number of benzene rings is 2. The maximum Gasteiger partial charge on any atom is 0.229 e. The number of allylic oxidation sites excluding steroid dienone is 1. The zero-order chi connectivity index (χ0) is 16.2. The first kappa shape index (κ1) is 16.0. The van der Waals surface area contributed by atoms with E-state index >= 15 is 0 Å². The molecular weight excluding hydrogens is 298 g/mol. The molecule has 0 saturated carbocycles. The molecule has 0 aliphatic carbocycles. The molecule has 0 radical (unpaired) electrons. The van der Waals surface area contributed by atoms with Crippen molar-refractivity contribution in [2.75, 3.05) is 11.0 Å². The number of ketones is 1. The minimum absolute atomic E-state index is 0.255. The molecule has 0 atom stereocenters. The zero-order valence-corrected chi connectivity index (χ0v) is 13.2. The van der Waals surface area contributed by atoms with Crippen molar-refractivity contribution < 1.29 is 13.2 Å². The summed E-state index contributed by atoms with van der Waals surface area (Å²) in [6.45, 7) is 1.96. The van der Waals surface area contributed by atoms with Crippen LogP contribution >= 0.6 is 0 Å². The van der Waals surface area contributed by atoms with E-state index in [9.17, 15) is 13.2 Å². The van der Waals surface area contributed by atoms with Gasteiger partial charge in [-0.1, -0.05) is 42.5 Å². The van der Waals surface area contributed by atoms with Gasteiger partial charge in [-0.3, -0.25) is 9.52 Å². The minimum atomic E-state index is -3.43. The highest BCUT2D eigenvalue weighted by Crippen LogP contribution is 2.18. The van der Waals surface area contributed by atoms with Crippen molar-refractivity contribution in [2.45, 2.75) is 6.92 Å². The number of sulfonamides is 1. The summed E-state index contributed by atoms with van der Waals surface area (Å²) in [5.74, 6) is -0.255. The quantitative estimate of drug-likeness (QED) is 0.680. The van der Waals surface area contributed by atoms with E-state index < -0.39 is 10.0 Å². The molecule has 0 spiro atoms. The number of hydrogen-bond donors (Lipinski definition) is 1. The number of carbonyl (C=O) groups is 1. The third kappa shape index (κ3) is 4.30. The van der Waals surface area contributed by atoms with Crippen LogP contribution in [0.25, 0.3) is 6.08 Å². The predicted octanol–water partition coefficient (Wildman–Crippen LogP) is 3.26. The Balaban J connectivity index is 2.29. The lowest BCUT2D eigenvalue weighted by Crippen LogP contribution is -2.12. The van der Waals surface area contributed by atoms with Crippen LogP contribution in [0.2, 0.25) is 0 Å². The van der Waals surface area contributed by atoms with Gasteiger partial charge in [0.25, 0.3) is 0 Å². The second-order valence-electron chi connectivity index (χ2n) is 4.97. The van der Waals surface area contributed by atoms with E-state index in [-0.39, 0.29) is 11.5 Å². The number of anilines is 1. The Kier molecular flexibility index (Phi) is 4.78. The summed E-state index contributed by atoms with van der Waals surface area (Å²) < 4.78 is 25.1. The molecule has 0 aliphatic heterocycles. The monoisotopic (exact) mass is 315 g/mol. The van der Waals surface area contributed by atoms with Crippen LogP contribution < -0.4 is 4.72 Å². The molecule has 0 saturated heterocycles. The van der Waals surface area contributed by atoms with Crippen LogP contribution in [0.15, 0.2) is 54.6 Å². The molecule has 2 rings (SSSR count). The highest BCUT2D eigenvalue weighted by atomic mass is 32.2. The van der Waals surface area contributed by atoms with E-state index in [1.807, 2.05) is 31.2 Å². The third-order valence-electron chi connectivity index (χ3n) is 3.09. The largest absolute Gasteiger partial charge is 0.289 e. The Labute approximate surface area is 130 Å². The molecule has 1 N–H and O–H groups in total. The summed E-state index contributed by atoms with van der Waals surface area (Å²) in [7, 11) is -3.43. The van der Waals surface area contributed by atoms with Crippen molar-refractivity contribution in [3.05, 3.63) is 71.3 Å². The first-order chi connectivity index (χ1) is 10.4. The van der Waals surface area contributed by atoms with Gasteiger partial charge >= 0.3 is 0 Å². The van der Waals surface area contributed by atoms with E-state index in [1.54, 1.807) is 30.3 Å². The lowest BCUT2D eigenvalue weighted by molar-refractivity contribution is 0.104. The van der Waals surface area contributed by atoms with Crippen molar-refractivity contribution in [2.24, 2.45) is 0 Å². The molecule has 0 amide bonds.